The number of oxazole rings is 1. The van der Waals surface area contributed by atoms with Gasteiger partial charge in [-0.25, -0.2) is 9.78 Å². The van der Waals surface area contributed by atoms with Gasteiger partial charge < -0.3 is 23.9 Å². The fourth-order valence-corrected chi connectivity index (χ4v) is 5.05. The lowest BCUT2D eigenvalue weighted by atomic mass is 9.90. The van der Waals surface area contributed by atoms with Crippen molar-refractivity contribution in [2.24, 2.45) is 11.8 Å². The van der Waals surface area contributed by atoms with Crippen molar-refractivity contribution in [2.75, 3.05) is 19.7 Å². The van der Waals surface area contributed by atoms with Crippen LogP contribution in [0.5, 0.6) is 11.5 Å². The summed E-state index contributed by atoms with van der Waals surface area (Å²) in [4.78, 5) is 30.6. The van der Waals surface area contributed by atoms with Gasteiger partial charge >= 0.3 is 12.1 Å². The second-order valence-electron chi connectivity index (χ2n) is 9.77. The lowest BCUT2D eigenvalue weighted by Crippen LogP contribution is -2.32. The van der Waals surface area contributed by atoms with Crippen LogP contribution in [0.15, 0.2) is 83.3 Å². The number of para-hydroxylation sites is 1. The molecule has 8 nitrogen and oxygen atoms in total. The van der Waals surface area contributed by atoms with E-state index >= 15 is 0 Å². The zero-order valence-corrected chi connectivity index (χ0v) is 22.7. The minimum absolute atomic E-state index is 0. The molecule has 41 heavy (non-hydrogen) atoms. The second-order valence-corrected chi connectivity index (χ2v) is 10.2. The number of likely N-dealkylation sites (tertiary alicyclic amines) is 1. The number of nitrogens with zero attached hydrogens (tertiary/aromatic N) is 2. The van der Waals surface area contributed by atoms with E-state index in [1.165, 1.54) is 4.90 Å². The van der Waals surface area contributed by atoms with E-state index in [1.807, 2.05) is 55.5 Å². The molecule has 1 saturated heterocycles. The number of hydrogen-bond donors (Lipinski definition) is 1. The van der Waals surface area contributed by atoms with Crippen LogP contribution in [0, 0.1) is 18.8 Å². The van der Waals surface area contributed by atoms with Crippen molar-refractivity contribution in [2.45, 2.75) is 27.2 Å². The number of halogens is 1. The number of carboxylic acid groups (broad SMARTS) is 1. The molecule has 1 N–H and O–H groups in total. The SMILES string of the molecule is C.Cc1oc(-c2cccc(Cl)c2)nc1CCOc1ccc(C[C@@H]2CN(C(=O)Oc3ccccc3)C[C@@H]2C(=O)O)cc1. The highest BCUT2D eigenvalue weighted by atomic mass is 35.5. The number of amides is 1. The summed E-state index contributed by atoms with van der Waals surface area (Å²) in [6, 6.07) is 23.7. The molecule has 5 rings (SSSR count). The minimum atomic E-state index is -0.915. The predicted octanol–water partition coefficient (Wildman–Crippen LogP) is 6.94. The maximum Gasteiger partial charge on any atom is 0.415 e. The highest BCUT2D eigenvalue weighted by Crippen LogP contribution is 2.29. The molecule has 0 saturated carbocycles. The topological polar surface area (TPSA) is 102 Å². The molecule has 9 heteroatoms. The van der Waals surface area contributed by atoms with Gasteiger partial charge in [-0.3, -0.25) is 4.79 Å². The number of hydrogen-bond acceptors (Lipinski definition) is 6. The number of benzene rings is 3. The van der Waals surface area contributed by atoms with E-state index in [9.17, 15) is 14.7 Å². The Balaban J connectivity index is 0.00000387. The van der Waals surface area contributed by atoms with Gasteiger partial charge in [-0.1, -0.05) is 55.4 Å². The van der Waals surface area contributed by atoms with E-state index in [0.29, 0.717) is 48.4 Å². The molecule has 214 valence electrons. The van der Waals surface area contributed by atoms with Crippen molar-refractivity contribution in [3.05, 3.63) is 101 Å². The van der Waals surface area contributed by atoms with Gasteiger partial charge in [0, 0.05) is 30.1 Å². The number of aliphatic carboxylic acids is 1. The molecule has 0 aliphatic carbocycles. The molecule has 0 unspecified atom stereocenters. The van der Waals surface area contributed by atoms with E-state index in [0.717, 1.165) is 22.6 Å². The largest absolute Gasteiger partial charge is 0.493 e. The number of carboxylic acids is 1. The summed E-state index contributed by atoms with van der Waals surface area (Å²) in [7, 11) is 0. The number of carbonyl (C=O) groups excluding carboxylic acids is 1. The standard InChI is InChI=1S/C31H29ClN2O6.CH4/c1-20-28(33-29(39-20)22-6-5-7-24(32)17-22)14-15-38-25-12-10-21(11-13-25)16-23-18-34(19-27(23)30(35)36)31(37)40-26-8-3-2-4-9-26;/h2-13,17,23,27H,14-16,18-19H2,1H3,(H,35,36);1H4/t23-,27+;/m1./s1. The van der Waals surface area contributed by atoms with Crippen LogP contribution in [0.3, 0.4) is 0 Å². The molecule has 1 fully saturated rings. The average Bonchev–Trinajstić information content (AvgIpc) is 3.54. The second kappa shape index (κ2) is 13.4. The zero-order chi connectivity index (χ0) is 28.1. The van der Waals surface area contributed by atoms with Crippen molar-refractivity contribution in [1.82, 2.24) is 9.88 Å². The number of carbonyl (C=O) groups is 2. The summed E-state index contributed by atoms with van der Waals surface area (Å²) in [6.45, 7) is 2.73. The normalized spacial score (nSPS) is 16.2. The lowest BCUT2D eigenvalue weighted by Gasteiger charge is -2.16. The third kappa shape index (κ3) is 7.46. The van der Waals surface area contributed by atoms with Crippen LogP contribution in [0.4, 0.5) is 4.79 Å². The molecule has 2 heterocycles. The van der Waals surface area contributed by atoms with E-state index in [2.05, 4.69) is 4.98 Å². The van der Waals surface area contributed by atoms with E-state index in [-0.39, 0.29) is 19.9 Å². The maximum absolute atomic E-state index is 12.6. The number of aryl methyl sites for hydroxylation is 1. The molecule has 0 spiro atoms. The van der Waals surface area contributed by atoms with Gasteiger partial charge in [-0.2, -0.15) is 0 Å². The van der Waals surface area contributed by atoms with Crippen LogP contribution in [-0.2, 0) is 17.6 Å². The predicted molar refractivity (Wildman–Crippen MR) is 156 cm³/mol. The van der Waals surface area contributed by atoms with Crippen LogP contribution >= 0.6 is 11.6 Å². The summed E-state index contributed by atoms with van der Waals surface area (Å²) in [5.41, 5.74) is 2.62. The molecule has 1 aromatic heterocycles. The minimum Gasteiger partial charge on any atom is -0.493 e. The molecular formula is C32H33ClN2O6. The van der Waals surface area contributed by atoms with E-state index < -0.39 is 18.0 Å². The Kier molecular flexibility index (Phi) is 9.68. The smallest absolute Gasteiger partial charge is 0.415 e. The monoisotopic (exact) mass is 576 g/mol. The van der Waals surface area contributed by atoms with Crippen molar-refractivity contribution in [3.63, 3.8) is 0 Å². The molecule has 0 radical (unpaired) electrons. The van der Waals surface area contributed by atoms with Gasteiger partial charge in [0.25, 0.3) is 0 Å². The lowest BCUT2D eigenvalue weighted by molar-refractivity contribution is -0.142. The summed E-state index contributed by atoms with van der Waals surface area (Å²) in [5.74, 6) is 0.589. The van der Waals surface area contributed by atoms with Crippen molar-refractivity contribution in [3.8, 4) is 23.0 Å². The summed E-state index contributed by atoms with van der Waals surface area (Å²) < 4.78 is 17.1. The Morgan fingerprint density at radius 1 is 1.02 bits per heavy atom. The Morgan fingerprint density at radius 3 is 2.49 bits per heavy atom. The van der Waals surface area contributed by atoms with Crippen LogP contribution in [-0.4, -0.2) is 46.7 Å². The summed E-state index contributed by atoms with van der Waals surface area (Å²) in [6.07, 6.45) is 0.567. The first-order chi connectivity index (χ1) is 19.4. The third-order valence-corrected chi connectivity index (χ3v) is 7.19. The molecule has 1 aliphatic rings. The Morgan fingerprint density at radius 2 is 1.78 bits per heavy atom. The molecule has 3 aromatic carbocycles. The quantitative estimate of drug-likeness (QED) is 0.230. The van der Waals surface area contributed by atoms with Gasteiger partial charge in [0.15, 0.2) is 0 Å². The van der Waals surface area contributed by atoms with Gasteiger partial charge in [0.1, 0.15) is 17.3 Å². The van der Waals surface area contributed by atoms with Crippen LogP contribution < -0.4 is 9.47 Å². The highest BCUT2D eigenvalue weighted by Gasteiger charge is 2.40. The van der Waals surface area contributed by atoms with Crippen LogP contribution in [0.25, 0.3) is 11.5 Å². The molecule has 1 aliphatic heterocycles. The van der Waals surface area contributed by atoms with Gasteiger partial charge in [0.05, 0.1) is 18.2 Å². The molecule has 2 atom stereocenters. The van der Waals surface area contributed by atoms with Gasteiger partial charge in [-0.15, -0.1) is 0 Å². The van der Waals surface area contributed by atoms with E-state index in [1.54, 1.807) is 30.3 Å². The Labute approximate surface area is 244 Å². The van der Waals surface area contributed by atoms with Crippen LogP contribution in [0.1, 0.15) is 24.4 Å². The number of ether oxygens (including phenoxy) is 2. The highest BCUT2D eigenvalue weighted by molar-refractivity contribution is 6.30. The van der Waals surface area contributed by atoms with Crippen molar-refractivity contribution < 1.29 is 28.6 Å². The third-order valence-electron chi connectivity index (χ3n) is 6.96. The Hall–Kier alpha value is -4.30. The molecule has 4 aromatic rings. The first-order valence-electron chi connectivity index (χ1n) is 13.0. The van der Waals surface area contributed by atoms with Crippen molar-refractivity contribution >= 4 is 23.7 Å². The first-order valence-corrected chi connectivity index (χ1v) is 13.4. The Bertz CT molecular complexity index is 1470. The fourth-order valence-electron chi connectivity index (χ4n) is 4.86. The van der Waals surface area contributed by atoms with Crippen molar-refractivity contribution in [1.29, 1.82) is 0 Å². The zero-order valence-electron chi connectivity index (χ0n) is 22.0. The summed E-state index contributed by atoms with van der Waals surface area (Å²) >= 11 is 6.08. The van der Waals surface area contributed by atoms with Gasteiger partial charge in [0.2, 0.25) is 5.89 Å². The number of rotatable bonds is 9. The summed E-state index contributed by atoms with van der Waals surface area (Å²) in [5, 5.41) is 10.4. The van der Waals surface area contributed by atoms with E-state index in [4.69, 9.17) is 25.5 Å². The van der Waals surface area contributed by atoms with Gasteiger partial charge in [-0.05, 0) is 67.3 Å². The fraction of sp³-hybridized carbons (Fsp3) is 0.281. The average molecular weight is 577 g/mol. The molecule has 0 bridgehead atoms. The maximum atomic E-state index is 12.6. The first kappa shape index (κ1) is 29.7. The van der Waals surface area contributed by atoms with Crippen LogP contribution in [0.2, 0.25) is 5.02 Å². The molecule has 1 amide bonds. The number of aromatic nitrogens is 1. The molecular weight excluding hydrogens is 544 g/mol.